The van der Waals surface area contributed by atoms with Crippen LogP contribution in [0.25, 0.3) is 0 Å². The number of quaternary nitrogens is 1. The molecule has 0 fully saturated rings. The number of Topliss-reactive ketones (excluding diaryl/α,β-unsaturated/α-hetero) is 1. The van der Waals surface area contributed by atoms with Crippen LogP contribution in [0.4, 0.5) is 8.78 Å². The maximum atomic E-state index is 13.5. The zero-order valence-corrected chi connectivity index (χ0v) is 15.3. The second-order valence-corrected chi connectivity index (χ2v) is 6.87. The van der Waals surface area contributed by atoms with E-state index in [1.165, 1.54) is 24.3 Å². The molecule has 0 aromatic heterocycles. The Labute approximate surface area is 158 Å². The SMILES string of the molecule is C[NH+](C)[C@@H](C(=O)c1ccccc1)C(c1ccc(F)cc1)c1ccc(F)cc1. The number of hydrogen-bond acceptors (Lipinski definition) is 1. The van der Waals surface area contributed by atoms with Crippen LogP contribution >= 0.6 is 0 Å². The van der Waals surface area contributed by atoms with Gasteiger partial charge in [-0.05, 0) is 35.4 Å². The molecule has 138 valence electrons. The van der Waals surface area contributed by atoms with Gasteiger partial charge in [-0.1, -0.05) is 54.6 Å². The van der Waals surface area contributed by atoms with Crippen molar-refractivity contribution in [1.29, 1.82) is 0 Å². The van der Waals surface area contributed by atoms with Crippen LogP contribution in [-0.4, -0.2) is 25.9 Å². The van der Waals surface area contributed by atoms with E-state index in [4.69, 9.17) is 0 Å². The van der Waals surface area contributed by atoms with Crippen molar-refractivity contribution in [3.05, 3.63) is 107 Å². The summed E-state index contributed by atoms with van der Waals surface area (Å²) >= 11 is 0. The Balaban J connectivity index is 2.12. The van der Waals surface area contributed by atoms with Crippen LogP contribution in [0.5, 0.6) is 0 Å². The summed E-state index contributed by atoms with van der Waals surface area (Å²) in [6.45, 7) is 0. The highest BCUT2D eigenvalue weighted by Crippen LogP contribution is 2.29. The minimum absolute atomic E-state index is 0.00532. The lowest BCUT2D eigenvalue weighted by molar-refractivity contribution is -0.876. The molecule has 0 aliphatic heterocycles. The molecule has 4 heteroatoms. The normalized spacial score (nSPS) is 12.4. The number of halogens is 2. The molecule has 3 aromatic rings. The van der Waals surface area contributed by atoms with Crippen LogP contribution in [0.3, 0.4) is 0 Å². The summed E-state index contributed by atoms with van der Waals surface area (Å²) in [7, 11) is 3.84. The molecule has 0 aliphatic rings. The van der Waals surface area contributed by atoms with Gasteiger partial charge in [0.15, 0.2) is 6.04 Å². The molecule has 0 spiro atoms. The first-order valence-electron chi connectivity index (χ1n) is 8.87. The summed E-state index contributed by atoms with van der Waals surface area (Å²) in [6.07, 6.45) is 0. The van der Waals surface area contributed by atoms with Crippen LogP contribution in [-0.2, 0) is 0 Å². The summed E-state index contributed by atoms with van der Waals surface area (Å²) in [4.78, 5) is 14.3. The van der Waals surface area contributed by atoms with Crippen LogP contribution in [0.15, 0.2) is 78.9 Å². The molecule has 0 unspecified atom stereocenters. The number of carbonyl (C=O) groups excluding carboxylic acids is 1. The second-order valence-electron chi connectivity index (χ2n) is 6.87. The lowest BCUT2D eigenvalue weighted by Gasteiger charge is -2.29. The number of carbonyl (C=O) groups is 1. The highest BCUT2D eigenvalue weighted by atomic mass is 19.1. The van der Waals surface area contributed by atoms with Crippen molar-refractivity contribution in [2.75, 3.05) is 14.1 Å². The maximum Gasteiger partial charge on any atom is 0.220 e. The van der Waals surface area contributed by atoms with Crippen molar-refractivity contribution in [1.82, 2.24) is 0 Å². The van der Waals surface area contributed by atoms with Crippen molar-refractivity contribution >= 4 is 5.78 Å². The minimum atomic E-state index is -0.441. The number of benzene rings is 3. The first kappa shape index (κ1) is 18.9. The van der Waals surface area contributed by atoms with E-state index in [9.17, 15) is 13.6 Å². The molecule has 3 rings (SSSR count). The van der Waals surface area contributed by atoms with E-state index in [0.717, 1.165) is 16.0 Å². The van der Waals surface area contributed by atoms with Gasteiger partial charge in [0.05, 0.1) is 20.0 Å². The van der Waals surface area contributed by atoms with E-state index in [-0.39, 0.29) is 23.3 Å². The van der Waals surface area contributed by atoms with Crippen LogP contribution in [0, 0.1) is 11.6 Å². The minimum Gasteiger partial charge on any atom is -0.330 e. The first-order chi connectivity index (χ1) is 13.0. The topological polar surface area (TPSA) is 21.5 Å². The summed E-state index contributed by atoms with van der Waals surface area (Å²) in [5.41, 5.74) is 2.26. The summed E-state index contributed by atoms with van der Waals surface area (Å²) in [5.74, 6) is -1.00. The van der Waals surface area contributed by atoms with Gasteiger partial charge in [0.2, 0.25) is 5.78 Å². The van der Waals surface area contributed by atoms with Gasteiger partial charge in [0, 0.05) is 5.56 Å². The van der Waals surface area contributed by atoms with Gasteiger partial charge in [-0.3, -0.25) is 4.79 Å². The fourth-order valence-corrected chi connectivity index (χ4v) is 3.45. The van der Waals surface area contributed by atoms with Crippen molar-refractivity contribution in [2.45, 2.75) is 12.0 Å². The molecular formula is C23H22F2NO+. The molecule has 1 atom stereocenters. The zero-order valence-electron chi connectivity index (χ0n) is 15.3. The predicted octanol–water partition coefficient (Wildman–Crippen LogP) is 3.49. The molecule has 0 aliphatic carbocycles. The van der Waals surface area contributed by atoms with Gasteiger partial charge in [0.25, 0.3) is 0 Å². The number of nitrogens with one attached hydrogen (secondary N) is 1. The summed E-state index contributed by atoms with van der Waals surface area (Å²) in [5, 5.41) is 0. The van der Waals surface area contributed by atoms with Crippen molar-refractivity contribution in [3.63, 3.8) is 0 Å². The van der Waals surface area contributed by atoms with Crippen LogP contribution in [0.2, 0.25) is 0 Å². The fraction of sp³-hybridized carbons (Fsp3) is 0.174. The van der Waals surface area contributed by atoms with E-state index in [2.05, 4.69) is 0 Å². The average molecular weight is 366 g/mol. The van der Waals surface area contributed by atoms with Crippen molar-refractivity contribution in [2.24, 2.45) is 0 Å². The molecule has 0 heterocycles. The van der Waals surface area contributed by atoms with Gasteiger partial charge in [0.1, 0.15) is 11.6 Å². The first-order valence-corrected chi connectivity index (χ1v) is 8.87. The van der Waals surface area contributed by atoms with E-state index < -0.39 is 6.04 Å². The fourth-order valence-electron chi connectivity index (χ4n) is 3.45. The smallest absolute Gasteiger partial charge is 0.220 e. The van der Waals surface area contributed by atoms with Gasteiger partial charge in [-0.2, -0.15) is 0 Å². The summed E-state index contributed by atoms with van der Waals surface area (Å²) < 4.78 is 26.9. The Kier molecular flexibility index (Phi) is 5.77. The number of likely N-dealkylation sites (N-methyl/N-ethyl adjacent to an activating group) is 1. The van der Waals surface area contributed by atoms with Gasteiger partial charge in [-0.25, -0.2) is 8.78 Å². The highest BCUT2D eigenvalue weighted by Gasteiger charge is 2.36. The van der Waals surface area contributed by atoms with E-state index >= 15 is 0 Å². The molecular weight excluding hydrogens is 344 g/mol. The molecule has 27 heavy (non-hydrogen) atoms. The van der Waals surface area contributed by atoms with Gasteiger partial charge >= 0.3 is 0 Å². The highest BCUT2D eigenvalue weighted by molar-refractivity contribution is 6.00. The molecule has 0 radical (unpaired) electrons. The lowest BCUT2D eigenvalue weighted by Crippen LogP contribution is -3.12. The van der Waals surface area contributed by atoms with Gasteiger partial charge in [-0.15, -0.1) is 0 Å². The zero-order chi connectivity index (χ0) is 19.4. The average Bonchev–Trinajstić information content (AvgIpc) is 2.68. The lowest BCUT2D eigenvalue weighted by atomic mass is 9.81. The van der Waals surface area contributed by atoms with Crippen molar-refractivity contribution < 1.29 is 18.5 Å². The molecule has 0 saturated heterocycles. The third-order valence-corrected chi connectivity index (χ3v) is 4.75. The molecule has 0 saturated carbocycles. The Morgan fingerprint density at radius 1 is 0.741 bits per heavy atom. The Bertz CT molecular complexity index is 844. The molecule has 0 bridgehead atoms. The van der Waals surface area contributed by atoms with Gasteiger partial charge < -0.3 is 4.90 Å². The monoisotopic (exact) mass is 366 g/mol. The molecule has 0 amide bonds. The predicted molar refractivity (Wildman–Crippen MR) is 102 cm³/mol. The Morgan fingerprint density at radius 2 is 1.19 bits per heavy atom. The third-order valence-electron chi connectivity index (χ3n) is 4.75. The van der Waals surface area contributed by atoms with E-state index in [1.54, 1.807) is 36.4 Å². The quantitative estimate of drug-likeness (QED) is 0.663. The van der Waals surface area contributed by atoms with Crippen LogP contribution in [0.1, 0.15) is 27.4 Å². The number of ketones is 1. The Morgan fingerprint density at radius 3 is 1.59 bits per heavy atom. The molecule has 2 nitrogen and oxygen atoms in total. The third kappa shape index (κ3) is 4.29. The number of rotatable bonds is 6. The summed E-state index contributed by atoms with van der Waals surface area (Å²) in [6, 6.07) is 21.0. The number of hydrogen-bond donors (Lipinski definition) is 1. The van der Waals surface area contributed by atoms with Crippen molar-refractivity contribution in [3.8, 4) is 0 Å². The van der Waals surface area contributed by atoms with Crippen LogP contribution < -0.4 is 4.90 Å². The Hall–Kier alpha value is -2.85. The second kappa shape index (κ2) is 8.23. The maximum absolute atomic E-state index is 13.5. The van der Waals surface area contributed by atoms with E-state index in [1.807, 2.05) is 32.3 Å². The standard InChI is InChI=1S/C23H21F2NO/c1-26(2)22(23(27)18-6-4-3-5-7-18)21(16-8-12-19(24)13-9-16)17-10-14-20(25)15-11-17/h3-15,21-22H,1-2H3/p+1/t22-/m1/s1. The molecule has 3 aromatic carbocycles. The van der Waals surface area contributed by atoms with E-state index in [0.29, 0.717) is 5.56 Å². The molecule has 1 N–H and O–H groups in total. The largest absolute Gasteiger partial charge is 0.330 e.